The lowest BCUT2D eigenvalue weighted by molar-refractivity contribution is 0.724. The van der Waals surface area contributed by atoms with Crippen LogP contribution in [0.2, 0.25) is 0 Å². The predicted octanol–water partition coefficient (Wildman–Crippen LogP) is 2.49. The molecule has 2 N–H and O–H groups in total. The third-order valence-corrected chi connectivity index (χ3v) is 3.63. The first-order chi connectivity index (χ1) is 5.68. The summed E-state index contributed by atoms with van der Waals surface area (Å²) in [6.45, 7) is 4.30. The van der Waals surface area contributed by atoms with Crippen molar-refractivity contribution >= 4 is 11.8 Å². The number of hydrogen-bond donors (Lipinski definition) is 1. The molecule has 1 aliphatic rings. The molecular formula is C10H13NS. The maximum Gasteiger partial charge on any atom is 0.0427 e. The Morgan fingerprint density at radius 1 is 1.42 bits per heavy atom. The molecule has 0 saturated carbocycles. The number of aryl methyl sites for hydroxylation is 1. The Bertz CT molecular complexity index is 309. The van der Waals surface area contributed by atoms with E-state index < -0.39 is 0 Å². The highest BCUT2D eigenvalue weighted by Crippen LogP contribution is 2.42. The van der Waals surface area contributed by atoms with Crippen LogP contribution in [0.25, 0.3) is 0 Å². The van der Waals surface area contributed by atoms with E-state index in [-0.39, 0.29) is 6.04 Å². The lowest BCUT2D eigenvalue weighted by Gasteiger charge is -2.08. The average Bonchev–Trinajstić information content (AvgIpc) is 2.31. The summed E-state index contributed by atoms with van der Waals surface area (Å²) in [5.74, 6) is 0. The van der Waals surface area contributed by atoms with E-state index in [1.807, 2.05) is 11.8 Å². The first-order valence-electron chi connectivity index (χ1n) is 4.21. The summed E-state index contributed by atoms with van der Waals surface area (Å²) in [4.78, 5) is 1.36. The van der Waals surface area contributed by atoms with E-state index in [1.165, 1.54) is 16.0 Å². The summed E-state index contributed by atoms with van der Waals surface area (Å²) in [5, 5.41) is 0.529. The Balaban J connectivity index is 2.48. The summed E-state index contributed by atoms with van der Waals surface area (Å²) < 4.78 is 0. The number of benzene rings is 1. The van der Waals surface area contributed by atoms with Crippen molar-refractivity contribution < 1.29 is 0 Å². The van der Waals surface area contributed by atoms with Gasteiger partial charge in [-0.15, -0.1) is 11.8 Å². The molecule has 0 bridgehead atoms. The van der Waals surface area contributed by atoms with Crippen molar-refractivity contribution in [2.45, 2.75) is 30.0 Å². The SMILES string of the molecule is Cc1ccc2c(c1)C(N)C(C)S2. The lowest BCUT2D eigenvalue weighted by Crippen LogP contribution is -2.15. The fourth-order valence-corrected chi connectivity index (χ4v) is 2.73. The molecule has 0 aromatic heterocycles. The zero-order chi connectivity index (χ0) is 8.72. The number of rotatable bonds is 0. The molecule has 2 heteroatoms. The molecule has 1 aromatic carbocycles. The van der Waals surface area contributed by atoms with Gasteiger partial charge >= 0.3 is 0 Å². The van der Waals surface area contributed by atoms with Gasteiger partial charge in [-0.05, 0) is 18.6 Å². The summed E-state index contributed by atoms with van der Waals surface area (Å²) in [5.41, 5.74) is 8.67. The summed E-state index contributed by atoms with van der Waals surface area (Å²) in [7, 11) is 0. The van der Waals surface area contributed by atoms with E-state index in [4.69, 9.17) is 5.73 Å². The Labute approximate surface area is 77.3 Å². The van der Waals surface area contributed by atoms with Crippen LogP contribution in [0.15, 0.2) is 23.1 Å². The fourth-order valence-electron chi connectivity index (χ4n) is 1.56. The van der Waals surface area contributed by atoms with E-state index in [1.54, 1.807) is 0 Å². The number of thioether (sulfide) groups is 1. The second kappa shape index (κ2) is 2.79. The standard InChI is InChI=1S/C10H13NS/c1-6-3-4-9-8(5-6)10(11)7(2)12-9/h3-5,7,10H,11H2,1-2H3. The molecule has 1 heterocycles. The van der Waals surface area contributed by atoms with Crippen LogP contribution in [0.3, 0.4) is 0 Å². The fraction of sp³-hybridized carbons (Fsp3) is 0.400. The Morgan fingerprint density at radius 2 is 2.17 bits per heavy atom. The van der Waals surface area contributed by atoms with Gasteiger partial charge in [0.1, 0.15) is 0 Å². The van der Waals surface area contributed by atoms with Crippen LogP contribution in [-0.4, -0.2) is 5.25 Å². The zero-order valence-corrected chi connectivity index (χ0v) is 8.19. The summed E-state index contributed by atoms with van der Waals surface area (Å²) in [6, 6.07) is 6.76. The van der Waals surface area contributed by atoms with Crippen LogP contribution < -0.4 is 5.73 Å². The first-order valence-corrected chi connectivity index (χ1v) is 5.09. The van der Waals surface area contributed by atoms with Gasteiger partial charge in [0.15, 0.2) is 0 Å². The molecule has 12 heavy (non-hydrogen) atoms. The van der Waals surface area contributed by atoms with Gasteiger partial charge in [-0.1, -0.05) is 24.6 Å². The monoisotopic (exact) mass is 179 g/mol. The van der Waals surface area contributed by atoms with Gasteiger partial charge in [-0.2, -0.15) is 0 Å². The van der Waals surface area contributed by atoms with Crippen LogP contribution in [0.5, 0.6) is 0 Å². The highest BCUT2D eigenvalue weighted by atomic mass is 32.2. The van der Waals surface area contributed by atoms with Gasteiger partial charge in [-0.25, -0.2) is 0 Å². The molecule has 2 unspecified atom stereocenters. The van der Waals surface area contributed by atoms with Crippen LogP contribution in [-0.2, 0) is 0 Å². The Hall–Kier alpha value is -0.470. The number of hydrogen-bond acceptors (Lipinski definition) is 2. The van der Waals surface area contributed by atoms with Crippen molar-refractivity contribution in [1.82, 2.24) is 0 Å². The molecule has 0 amide bonds. The summed E-state index contributed by atoms with van der Waals surface area (Å²) in [6.07, 6.45) is 0. The molecule has 64 valence electrons. The number of fused-ring (bicyclic) bond motifs is 1. The topological polar surface area (TPSA) is 26.0 Å². The van der Waals surface area contributed by atoms with Crippen LogP contribution in [0.4, 0.5) is 0 Å². The van der Waals surface area contributed by atoms with Crippen molar-refractivity contribution in [3.8, 4) is 0 Å². The molecule has 2 rings (SSSR count). The maximum absolute atomic E-state index is 6.04. The van der Waals surface area contributed by atoms with Crippen molar-refractivity contribution in [2.24, 2.45) is 5.73 Å². The Kier molecular flexibility index (Phi) is 1.89. The predicted molar refractivity (Wildman–Crippen MR) is 53.4 cm³/mol. The number of nitrogens with two attached hydrogens (primary N) is 1. The third kappa shape index (κ3) is 1.15. The van der Waals surface area contributed by atoms with E-state index in [2.05, 4.69) is 32.0 Å². The maximum atomic E-state index is 6.04. The summed E-state index contributed by atoms with van der Waals surface area (Å²) >= 11 is 1.88. The van der Waals surface area contributed by atoms with E-state index in [0.717, 1.165) is 0 Å². The van der Waals surface area contributed by atoms with Gasteiger partial charge in [-0.3, -0.25) is 0 Å². The van der Waals surface area contributed by atoms with Crippen LogP contribution in [0, 0.1) is 6.92 Å². The quantitative estimate of drug-likeness (QED) is 0.662. The molecule has 1 aromatic rings. The smallest absolute Gasteiger partial charge is 0.0427 e. The lowest BCUT2D eigenvalue weighted by atomic mass is 10.0. The second-order valence-corrected chi connectivity index (χ2v) is 4.81. The van der Waals surface area contributed by atoms with Crippen molar-refractivity contribution in [3.63, 3.8) is 0 Å². The van der Waals surface area contributed by atoms with Crippen molar-refractivity contribution in [1.29, 1.82) is 0 Å². The first kappa shape index (κ1) is 8.14. The van der Waals surface area contributed by atoms with Crippen molar-refractivity contribution in [3.05, 3.63) is 29.3 Å². The minimum Gasteiger partial charge on any atom is -0.323 e. The van der Waals surface area contributed by atoms with Gasteiger partial charge in [0.05, 0.1) is 0 Å². The van der Waals surface area contributed by atoms with Gasteiger partial charge in [0.2, 0.25) is 0 Å². The molecule has 0 aliphatic carbocycles. The highest BCUT2D eigenvalue weighted by Gasteiger charge is 2.26. The highest BCUT2D eigenvalue weighted by molar-refractivity contribution is 8.00. The average molecular weight is 179 g/mol. The minimum absolute atomic E-state index is 0.227. The van der Waals surface area contributed by atoms with E-state index in [9.17, 15) is 0 Å². The van der Waals surface area contributed by atoms with E-state index >= 15 is 0 Å². The Morgan fingerprint density at radius 3 is 2.92 bits per heavy atom. The molecule has 0 radical (unpaired) electrons. The molecule has 1 aliphatic heterocycles. The third-order valence-electron chi connectivity index (χ3n) is 2.34. The molecular weight excluding hydrogens is 166 g/mol. The van der Waals surface area contributed by atoms with Gasteiger partial charge < -0.3 is 5.73 Å². The van der Waals surface area contributed by atoms with E-state index in [0.29, 0.717) is 5.25 Å². The molecule has 0 spiro atoms. The van der Waals surface area contributed by atoms with Gasteiger partial charge in [0, 0.05) is 16.2 Å². The molecule has 2 atom stereocenters. The minimum atomic E-state index is 0.227. The molecule has 1 nitrogen and oxygen atoms in total. The second-order valence-electron chi connectivity index (χ2n) is 3.39. The zero-order valence-electron chi connectivity index (χ0n) is 7.37. The molecule has 0 saturated heterocycles. The van der Waals surface area contributed by atoms with Crippen molar-refractivity contribution in [2.75, 3.05) is 0 Å². The normalized spacial score (nSPS) is 27.2. The van der Waals surface area contributed by atoms with Crippen LogP contribution in [0.1, 0.15) is 24.1 Å². The van der Waals surface area contributed by atoms with Gasteiger partial charge in [0.25, 0.3) is 0 Å². The largest absolute Gasteiger partial charge is 0.323 e. The molecule has 0 fully saturated rings. The van der Waals surface area contributed by atoms with Crippen LogP contribution >= 0.6 is 11.8 Å².